The van der Waals surface area contributed by atoms with E-state index in [0.29, 0.717) is 14.7 Å². The number of H-pyrrole nitrogens is 1. The van der Waals surface area contributed by atoms with E-state index in [0.717, 1.165) is 11.3 Å². The van der Waals surface area contributed by atoms with Crippen molar-refractivity contribution in [1.82, 2.24) is 4.98 Å². The van der Waals surface area contributed by atoms with Crippen LogP contribution in [0.2, 0.25) is 10.0 Å². The Kier molecular flexibility index (Phi) is 3.10. The van der Waals surface area contributed by atoms with Crippen LogP contribution < -0.4 is 0 Å². The molecular weight excluding hydrogens is 249 g/mol. The van der Waals surface area contributed by atoms with Gasteiger partial charge in [0, 0.05) is 21.3 Å². The van der Waals surface area contributed by atoms with Crippen LogP contribution in [0, 0.1) is 4.64 Å². The van der Waals surface area contributed by atoms with Crippen LogP contribution in [0.5, 0.6) is 0 Å². The molecule has 0 radical (unpaired) electrons. The zero-order valence-electron chi connectivity index (χ0n) is 7.63. The summed E-state index contributed by atoms with van der Waals surface area (Å²) in [5, 5.41) is 1.30. The van der Waals surface area contributed by atoms with Crippen molar-refractivity contribution in [1.29, 1.82) is 0 Å². The number of hydrogen-bond acceptors (Lipinski definition) is 1. The van der Waals surface area contributed by atoms with E-state index in [1.54, 1.807) is 12.1 Å². The maximum absolute atomic E-state index is 6.07. The number of hydrogen-bond donors (Lipinski definition) is 1. The zero-order chi connectivity index (χ0) is 10.8. The highest BCUT2D eigenvalue weighted by atomic mass is 35.5. The van der Waals surface area contributed by atoms with Crippen molar-refractivity contribution >= 4 is 35.4 Å². The van der Waals surface area contributed by atoms with Crippen molar-refractivity contribution in [2.24, 2.45) is 0 Å². The summed E-state index contributed by atoms with van der Waals surface area (Å²) in [5.41, 5.74) is 1.73. The van der Waals surface area contributed by atoms with Gasteiger partial charge in [0.2, 0.25) is 0 Å². The number of aromatic nitrogens is 1. The van der Waals surface area contributed by atoms with Crippen LogP contribution in [0.4, 0.5) is 0 Å². The van der Waals surface area contributed by atoms with E-state index in [-0.39, 0.29) is 0 Å². The molecule has 4 heteroatoms. The summed E-state index contributed by atoms with van der Waals surface area (Å²) in [6.45, 7) is 0. The summed E-state index contributed by atoms with van der Waals surface area (Å²) in [5.74, 6) is 0. The predicted molar refractivity (Wildman–Crippen MR) is 67.1 cm³/mol. The average Bonchev–Trinajstić information content (AvgIpc) is 2.22. The molecule has 0 unspecified atom stereocenters. The van der Waals surface area contributed by atoms with Crippen molar-refractivity contribution in [2.45, 2.75) is 0 Å². The minimum Gasteiger partial charge on any atom is -0.346 e. The highest BCUT2D eigenvalue weighted by Crippen LogP contribution is 2.28. The molecule has 0 fully saturated rings. The lowest BCUT2D eigenvalue weighted by molar-refractivity contribution is 1.30. The second kappa shape index (κ2) is 4.35. The van der Waals surface area contributed by atoms with Gasteiger partial charge in [-0.05, 0) is 30.3 Å². The largest absolute Gasteiger partial charge is 0.346 e. The second-order valence-electron chi connectivity index (χ2n) is 3.05. The summed E-state index contributed by atoms with van der Waals surface area (Å²) in [6.07, 6.45) is 0. The van der Waals surface area contributed by atoms with Gasteiger partial charge in [0.1, 0.15) is 4.64 Å². The molecule has 1 aromatic heterocycles. The zero-order valence-corrected chi connectivity index (χ0v) is 9.96. The Hall–Kier alpha value is -0.830. The third-order valence-electron chi connectivity index (χ3n) is 1.99. The third kappa shape index (κ3) is 2.40. The van der Waals surface area contributed by atoms with Crippen molar-refractivity contribution < 1.29 is 0 Å². The van der Waals surface area contributed by atoms with E-state index in [9.17, 15) is 0 Å². The lowest BCUT2D eigenvalue weighted by Gasteiger charge is -2.04. The topological polar surface area (TPSA) is 15.8 Å². The molecule has 1 heterocycles. The average molecular weight is 256 g/mol. The Morgan fingerprint density at radius 1 is 1.07 bits per heavy atom. The first kappa shape index (κ1) is 10.7. The van der Waals surface area contributed by atoms with Crippen molar-refractivity contribution in [3.63, 3.8) is 0 Å². The SMILES string of the molecule is S=c1cccc(-c2cc(Cl)ccc2Cl)[nH]1. The highest BCUT2D eigenvalue weighted by Gasteiger charge is 2.03. The highest BCUT2D eigenvalue weighted by molar-refractivity contribution is 7.71. The first-order valence-electron chi connectivity index (χ1n) is 4.31. The molecule has 0 aliphatic heterocycles. The van der Waals surface area contributed by atoms with Gasteiger partial charge in [-0.15, -0.1) is 0 Å². The molecule has 1 aromatic carbocycles. The summed E-state index contributed by atoms with van der Waals surface area (Å²) in [4.78, 5) is 3.06. The summed E-state index contributed by atoms with van der Waals surface area (Å²) in [7, 11) is 0. The summed E-state index contributed by atoms with van der Waals surface area (Å²) < 4.78 is 0.670. The Morgan fingerprint density at radius 3 is 2.60 bits per heavy atom. The van der Waals surface area contributed by atoms with Crippen LogP contribution in [-0.4, -0.2) is 4.98 Å². The van der Waals surface area contributed by atoms with Gasteiger partial charge in [0.25, 0.3) is 0 Å². The minimum absolute atomic E-state index is 0.649. The lowest BCUT2D eigenvalue weighted by atomic mass is 10.1. The first-order chi connectivity index (χ1) is 7.16. The first-order valence-corrected chi connectivity index (χ1v) is 5.48. The molecule has 0 atom stereocenters. The molecular formula is C11H7Cl2NS. The standard InChI is InChI=1S/C11H7Cl2NS/c12-7-4-5-9(13)8(6-7)10-2-1-3-11(15)14-10/h1-6H,(H,14,15). The van der Waals surface area contributed by atoms with E-state index >= 15 is 0 Å². The van der Waals surface area contributed by atoms with Crippen LogP contribution in [0.15, 0.2) is 36.4 Å². The Labute approximate surface area is 103 Å². The Morgan fingerprint density at radius 2 is 1.87 bits per heavy atom. The van der Waals surface area contributed by atoms with Gasteiger partial charge in [-0.3, -0.25) is 0 Å². The fourth-order valence-corrected chi connectivity index (χ4v) is 1.89. The van der Waals surface area contributed by atoms with E-state index < -0.39 is 0 Å². The van der Waals surface area contributed by atoms with E-state index in [1.165, 1.54) is 0 Å². The smallest absolute Gasteiger partial charge is 0.103 e. The van der Waals surface area contributed by atoms with Crippen LogP contribution in [0.25, 0.3) is 11.3 Å². The number of halogens is 2. The van der Waals surface area contributed by atoms with Crippen molar-refractivity contribution in [3.8, 4) is 11.3 Å². The maximum Gasteiger partial charge on any atom is 0.103 e. The Bertz CT molecular complexity index is 548. The molecule has 2 rings (SSSR count). The Balaban J connectivity index is 2.63. The van der Waals surface area contributed by atoms with Gasteiger partial charge in [-0.2, -0.15) is 0 Å². The molecule has 0 aliphatic rings. The van der Waals surface area contributed by atoms with Gasteiger partial charge in [0.05, 0.1) is 0 Å². The quantitative estimate of drug-likeness (QED) is 0.730. The molecule has 0 bridgehead atoms. The van der Waals surface area contributed by atoms with Gasteiger partial charge < -0.3 is 4.98 Å². The van der Waals surface area contributed by atoms with Crippen LogP contribution in [0.3, 0.4) is 0 Å². The van der Waals surface area contributed by atoms with Gasteiger partial charge in [0.15, 0.2) is 0 Å². The van der Waals surface area contributed by atoms with Crippen LogP contribution >= 0.6 is 35.4 Å². The fourth-order valence-electron chi connectivity index (χ4n) is 1.31. The monoisotopic (exact) mass is 255 g/mol. The predicted octanol–water partition coefficient (Wildman–Crippen LogP) is 4.72. The molecule has 1 N–H and O–H groups in total. The summed E-state index contributed by atoms with van der Waals surface area (Å²) in [6, 6.07) is 10.9. The molecule has 0 aliphatic carbocycles. The fraction of sp³-hybridized carbons (Fsp3) is 0. The minimum atomic E-state index is 0.649. The second-order valence-corrected chi connectivity index (χ2v) is 4.34. The third-order valence-corrected chi connectivity index (χ3v) is 2.79. The van der Waals surface area contributed by atoms with Crippen LogP contribution in [0.1, 0.15) is 0 Å². The maximum atomic E-state index is 6.07. The van der Waals surface area contributed by atoms with Gasteiger partial charge >= 0.3 is 0 Å². The molecule has 0 saturated carbocycles. The molecule has 0 saturated heterocycles. The molecule has 2 aromatic rings. The van der Waals surface area contributed by atoms with E-state index in [1.807, 2.05) is 24.3 Å². The van der Waals surface area contributed by atoms with E-state index in [4.69, 9.17) is 35.4 Å². The van der Waals surface area contributed by atoms with Crippen molar-refractivity contribution in [3.05, 3.63) is 51.1 Å². The van der Waals surface area contributed by atoms with Gasteiger partial charge in [-0.1, -0.05) is 41.5 Å². The summed E-state index contributed by atoms with van der Waals surface area (Å²) >= 11 is 17.0. The number of pyridine rings is 1. The lowest BCUT2D eigenvalue weighted by Crippen LogP contribution is -1.84. The number of benzene rings is 1. The number of nitrogens with one attached hydrogen (secondary N) is 1. The molecule has 0 amide bonds. The normalized spacial score (nSPS) is 10.3. The molecule has 0 spiro atoms. The number of rotatable bonds is 1. The molecule has 76 valence electrons. The van der Waals surface area contributed by atoms with E-state index in [2.05, 4.69) is 4.98 Å². The van der Waals surface area contributed by atoms with Crippen molar-refractivity contribution in [2.75, 3.05) is 0 Å². The molecule has 1 nitrogen and oxygen atoms in total. The van der Waals surface area contributed by atoms with Gasteiger partial charge in [-0.25, -0.2) is 0 Å². The number of aromatic amines is 1. The molecule has 15 heavy (non-hydrogen) atoms. The van der Waals surface area contributed by atoms with Crippen LogP contribution in [-0.2, 0) is 0 Å².